The van der Waals surface area contributed by atoms with E-state index in [0.717, 1.165) is 45.2 Å². The Morgan fingerprint density at radius 3 is 2.35 bits per heavy atom. The van der Waals surface area contributed by atoms with Gasteiger partial charge in [-0.05, 0) is 63.4 Å². The lowest BCUT2D eigenvalue weighted by Gasteiger charge is -2.28. The van der Waals surface area contributed by atoms with E-state index in [9.17, 15) is 27.6 Å². The molecule has 2 saturated heterocycles. The number of fused-ring (bicyclic) bond motifs is 1. The third-order valence-corrected chi connectivity index (χ3v) is 10.2. The van der Waals surface area contributed by atoms with Crippen LogP contribution in [0, 0.1) is 17.8 Å². The summed E-state index contributed by atoms with van der Waals surface area (Å²) in [6.07, 6.45) is 2.11. The number of hydrogen-bond donors (Lipinski definition) is 4. The van der Waals surface area contributed by atoms with E-state index in [1.54, 1.807) is 0 Å². The minimum absolute atomic E-state index is 0.0173. The molecule has 49 heavy (non-hydrogen) atoms. The normalized spacial score (nSPS) is 22.0. The number of rotatable bonds is 7. The van der Waals surface area contributed by atoms with Crippen LogP contribution in [0.15, 0.2) is 30.6 Å². The Bertz CT molecular complexity index is 1740. The minimum atomic E-state index is -4.67. The lowest BCUT2D eigenvalue weighted by atomic mass is 9.93. The molecule has 0 radical (unpaired) electrons. The van der Waals surface area contributed by atoms with E-state index in [0.29, 0.717) is 18.8 Å². The highest BCUT2D eigenvalue weighted by molar-refractivity contribution is 6.34. The number of aromatic nitrogens is 4. The first kappa shape index (κ1) is 34.4. The molecule has 3 amide bonds. The van der Waals surface area contributed by atoms with E-state index in [2.05, 4.69) is 26.0 Å². The summed E-state index contributed by atoms with van der Waals surface area (Å²) in [6, 6.07) is 4.38. The first-order chi connectivity index (χ1) is 23.4. The van der Waals surface area contributed by atoms with E-state index in [1.165, 1.54) is 46.9 Å². The van der Waals surface area contributed by atoms with Crippen LogP contribution in [-0.4, -0.2) is 85.8 Å². The zero-order valence-corrected chi connectivity index (χ0v) is 27.3. The van der Waals surface area contributed by atoms with Gasteiger partial charge in [0.15, 0.2) is 11.5 Å². The summed E-state index contributed by atoms with van der Waals surface area (Å²) in [5.41, 5.74) is -0.521. The number of nitrogens with zero attached hydrogens (tertiary/aromatic N) is 5. The second kappa shape index (κ2) is 13.8. The van der Waals surface area contributed by atoms with E-state index in [4.69, 9.17) is 21.5 Å². The second-order valence-electron chi connectivity index (χ2n) is 12.8. The third kappa shape index (κ3) is 7.02. The van der Waals surface area contributed by atoms with Crippen molar-refractivity contribution in [1.29, 1.82) is 0 Å². The Labute approximate surface area is 284 Å². The molecular formula is C32H36ClF3N8O5. The molecule has 4 N–H and O–H groups in total. The highest BCUT2D eigenvalue weighted by atomic mass is 35.5. The molecule has 3 atom stereocenters. The third-order valence-electron chi connectivity index (χ3n) is 9.88. The van der Waals surface area contributed by atoms with Crippen molar-refractivity contribution in [2.45, 2.75) is 50.4 Å². The monoisotopic (exact) mass is 704 g/mol. The van der Waals surface area contributed by atoms with Crippen molar-refractivity contribution in [3.8, 4) is 11.3 Å². The first-order valence-corrected chi connectivity index (χ1v) is 16.5. The molecule has 3 aromatic rings. The van der Waals surface area contributed by atoms with Crippen LogP contribution >= 0.6 is 11.6 Å². The van der Waals surface area contributed by atoms with E-state index in [-0.39, 0.29) is 75.8 Å². The van der Waals surface area contributed by atoms with E-state index < -0.39 is 17.8 Å². The summed E-state index contributed by atoms with van der Waals surface area (Å²) in [5, 5.41) is 19.8. The first-order valence-electron chi connectivity index (χ1n) is 16.1. The van der Waals surface area contributed by atoms with Gasteiger partial charge < -0.3 is 30.5 Å². The quantitative estimate of drug-likeness (QED) is 0.270. The summed E-state index contributed by atoms with van der Waals surface area (Å²) >= 11 is 6.44. The van der Waals surface area contributed by atoms with Crippen molar-refractivity contribution in [1.82, 2.24) is 34.9 Å². The summed E-state index contributed by atoms with van der Waals surface area (Å²) < 4.78 is 44.2. The predicted molar refractivity (Wildman–Crippen MR) is 171 cm³/mol. The average Bonchev–Trinajstić information content (AvgIpc) is 3.45. The Morgan fingerprint density at radius 2 is 1.76 bits per heavy atom. The van der Waals surface area contributed by atoms with Gasteiger partial charge in [-0.25, -0.2) is 4.98 Å². The molecule has 262 valence electrons. The van der Waals surface area contributed by atoms with Gasteiger partial charge in [-0.15, -0.1) is 0 Å². The van der Waals surface area contributed by atoms with E-state index >= 15 is 0 Å². The molecule has 4 fully saturated rings. The van der Waals surface area contributed by atoms with Crippen LogP contribution in [0.5, 0.6) is 0 Å². The predicted octanol–water partition coefficient (Wildman–Crippen LogP) is 3.82. The SMILES string of the molecule is Cn1c(-c2cn(C3CCC3)nc2C(F)(F)F)cnc1C(=O)Nc1ccc(C(=O)NC2[C@H]3CN(C(=O)C4CCNCC4)C[C@@H]23)c(Cl)c1.O=CO. The van der Waals surface area contributed by atoms with Crippen molar-refractivity contribution in [2.75, 3.05) is 31.5 Å². The van der Waals surface area contributed by atoms with Crippen molar-refractivity contribution in [3.63, 3.8) is 0 Å². The lowest BCUT2D eigenvalue weighted by molar-refractivity contribution is -0.141. The van der Waals surface area contributed by atoms with Gasteiger partial charge in [0.1, 0.15) is 0 Å². The number of carbonyl (C=O) groups is 4. The van der Waals surface area contributed by atoms with Crippen molar-refractivity contribution < 1.29 is 37.5 Å². The van der Waals surface area contributed by atoms with Gasteiger partial charge in [-0.1, -0.05) is 11.6 Å². The van der Waals surface area contributed by atoms with Crippen LogP contribution in [0.25, 0.3) is 11.3 Å². The fourth-order valence-electron chi connectivity index (χ4n) is 6.94. The van der Waals surface area contributed by atoms with Gasteiger partial charge in [0.05, 0.1) is 34.1 Å². The number of halogens is 4. The molecule has 4 heterocycles. The van der Waals surface area contributed by atoms with Crippen LogP contribution < -0.4 is 16.0 Å². The number of carboxylic acid groups (broad SMARTS) is 1. The van der Waals surface area contributed by atoms with Gasteiger partial charge in [0.25, 0.3) is 18.3 Å². The number of carbonyl (C=O) groups excluding carboxylic acids is 3. The van der Waals surface area contributed by atoms with Gasteiger partial charge in [0, 0.05) is 55.8 Å². The molecule has 13 nitrogen and oxygen atoms in total. The highest BCUT2D eigenvalue weighted by Crippen LogP contribution is 2.46. The Kier molecular flexibility index (Phi) is 9.71. The fraction of sp³-hybridized carbons (Fsp3) is 0.500. The number of hydrogen-bond acceptors (Lipinski definition) is 7. The summed E-state index contributed by atoms with van der Waals surface area (Å²) in [6.45, 7) is 2.77. The number of amides is 3. The molecule has 0 spiro atoms. The maximum Gasteiger partial charge on any atom is 0.435 e. The van der Waals surface area contributed by atoms with Crippen LogP contribution in [0.2, 0.25) is 5.02 Å². The van der Waals surface area contributed by atoms with Crippen LogP contribution in [-0.2, 0) is 22.8 Å². The molecule has 2 aliphatic heterocycles. The number of alkyl halides is 3. The van der Waals surface area contributed by atoms with Gasteiger partial charge >= 0.3 is 6.18 Å². The fourth-order valence-corrected chi connectivity index (χ4v) is 7.20. The molecule has 17 heteroatoms. The summed E-state index contributed by atoms with van der Waals surface area (Å²) in [7, 11) is 1.47. The number of nitrogens with one attached hydrogen (secondary N) is 3. The molecule has 2 saturated carbocycles. The largest absolute Gasteiger partial charge is 0.483 e. The molecule has 4 aliphatic rings. The molecule has 2 aliphatic carbocycles. The lowest BCUT2D eigenvalue weighted by Crippen LogP contribution is -2.43. The Morgan fingerprint density at radius 1 is 1.08 bits per heavy atom. The molecular weight excluding hydrogens is 669 g/mol. The minimum Gasteiger partial charge on any atom is -0.483 e. The number of anilines is 1. The van der Waals surface area contributed by atoms with Crippen molar-refractivity contribution in [2.24, 2.45) is 24.8 Å². The van der Waals surface area contributed by atoms with Gasteiger partial charge in [-0.3, -0.25) is 23.9 Å². The molecule has 7 rings (SSSR count). The summed E-state index contributed by atoms with van der Waals surface area (Å²) in [4.78, 5) is 53.4. The molecule has 1 aromatic carbocycles. The average molecular weight is 705 g/mol. The topological polar surface area (TPSA) is 163 Å². The molecule has 1 unspecified atom stereocenters. The van der Waals surface area contributed by atoms with Gasteiger partial charge in [0.2, 0.25) is 5.91 Å². The Balaban J connectivity index is 0.00000134. The smallest absolute Gasteiger partial charge is 0.435 e. The van der Waals surface area contributed by atoms with Gasteiger partial charge in [-0.2, -0.15) is 18.3 Å². The molecule has 2 aromatic heterocycles. The van der Waals surface area contributed by atoms with Crippen LogP contribution in [0.1, 0.15) is 64.8 Å². The second-order valence-corrected chi connectivity index (χ2v) is 13.2. The van der Waals surface area contributed by atoms with E-state index in [1.807, 2.05) is 4.90 Å². The zero-order chi connectivity index (χ0) is 35.0. The number of piperidine rings is 2. The number of imidazole rings is 1. The standard InChI is InChI=1S/C31H34ClF3N8O3.CH2O2/c1-41-24(22-15-43(18-3-2-4-18)40-26(22)31(33,34)35)12-37-27(41)29(45)38-17-5-6-19(23(32)11-17)28(44)39-25-20-13-42(14-21(20)25)30(46)16-7-9-36-10-8-16;2-1-3/h5-6,11-12,15-16,18,20-21,25,36H,2-4,7-10,13-14H2,1H3,(H,38,45)(H,39,44);1H,(H,2,3)/t20-,21+,25?;. The summed E-state index contributed by atoms with van der Waals surface area (Å²) in [5.74, 6) is -0.346. The van der Waals surface area contributed by atoms with Crippen LogP contribution in [0.4, 0.5) is 18.9 Å². The van der Waals surface area contributed by atoms with Crippen molar-refractivity contribution in [3.05, 3.63) is 52.7 Å². The zero-order valence-electron chi connectivity index (χ0n) is 26.5. The Hall–Kier alpha value is -4.44. The van der Waals surface area contributed by atoms with Crippen molar-refractivity contribution >= 4 is 41.5 Å². The highest BCUT2D eigenvalue weighted by Gasteiger charge is 2.57. The number of likely N-dealkylation sites (tertiary alicyclic amines) is 1. The maximum atomic E-state index is 13.8. The maximum absolute atomic E-state index is 13.8. The number of benzene rings is 1. The molecule has 0 bridgehead atoms. The van der Waals surface area contributed by atoms with Crippen LogP contribution in [0.3, 0.4) is 0 Å².